The second kappa shape index (κ2) is 6.96. The van der Waals surface area contributed by atoms with Crippen LogP contribution in [-0.4, -0.2) is 12.6 Å². The summed E-state index contributed by atoms with van der Waals surface area (Å²) in [5, 5.41) is 2.67. The van der Waals surface area contributed by atoms with Gasteiger partial charge in [0.1, 0.15) is 6.72 Å². The monoisotopic (exact) mass is 205 g/mol. The molecule has 0 radical (unpaired) electrons. The van der Waals surface area contributed by atoms with E-state index in [-0.39, 0.29) is 35.6 Å². The summed E-state index contributed by atoms with van der Waals surface area (Å²) in [6.07, 6.45) is 0. The van der Waals surface area contributed by atoms with Crippen molar-refractivity contribution in [2.45, 2.75) is 26.8 Å². The Hall–Kier alpha value is 1.50. The number of hydrogen-bond acceptors (Lipinski definition) is 3. The Balaban J connectivity index is 0. The van der Waals surface area contributed by atoms with Gasteiger partial charge in [0.2, 0.25) is 0 Å². The Morgan fingerprint density at radius 2 is 2.09 bits per heavy atom. The molecule has 62 valence electrons. The van der Waals surface area contributed by atoms with Crippen LogP contribution in [0.3, 0.4) is 0 Å². The zero-order valence-corrected chi connectivity index (χ0v) is 11.2. The van der Waals surface area contributed by atoms with Gasteiger partial charge in [-0.3, -0.25) is 5.09 Å². The molecule has 0 aromatic rings. The third-order valence-corrected chi connectivity index (χ3v) is 2.78. The summed E-state index contributed by atoms with van der Waals surface area (Å²) in [6, 6.07) is 0.106. The molecule has 1 N–H and O–H groups in total. The van der Waals surface area contributed by atoms with Crippen molar-refractivity contribution in [1.29, 1.82) is 0 Å². The minimum absolute atomic E-state index is 0. The Morgan fingerprint density at radius 3 is 2.36 bits per heavy atom. The van der Waals surface area contributed by atoms with Gasteiger partial charge in [0.15, 0.2) is 0 Å². The van der Waals surface area contributed by atoms with Crippen LogP contribution in [0.25, 0.3) is 0 Å². The molecule has 0 aliphatic carbocycles. The molecule has 0 aliphatic heterocycles. The van der Waals surface area contributed by atoms with Crippen molar-refractivity contribution in [3.8, 4) is 0 Å². The molecule has 1 atom stereocenters. The molecule has 0 saturated heterocycles. The van der Waals surface area contributed by atoms with Gasteiger partial charge >= 0.3 is 29.6 Å². The average molecular weight is 205 g/mol. The Morgan fingerprint density at radius 1 is 1.64 bits per heavy atom. The maximum atomic E-state index is 11.1. The summed E-state index contributed by atoms with van der Waals surface area (Å²) < 4.78 is 15.9. The zero-order chi connectivity index (χ0) is 8.20. The summed E-state index contributed by atoms with van der Waals surface area (Å²) >= 11 is 4.64. The molecule has 3 nitrogen and oxygen atoms in total. The van der Waals surface area contributed by atoms with Crippen molar-refractivity contribution in [2.24, 2.45) is 0 Å². The molecule has 0 bridgehead atoms. The van der Waals surface area contributed by atoms with Crippen molar-refractivity contribution in [3.63, 3.8) is 0 Å². The zero-order valence-electron chi connectivity index (χ0n) is 7.46. The molecule has 1 unspecified atom stereocenters. The van der Waals surface area contributed by atoms with Gasteiger partial charge in [0, 0.05) is 6.04 Å². The van der Waals surface area contributed by atoms with Crippen LogP contribution in [0.4, 0.5) is 0 Å². The molecule has 0 amide bonds. The molecule has 0 heterocycles. The number of hydrogen-bond donors (Lipinski definition) is 1. The smallest absolute Gasteiger partial charge is 0.673 e. The van der Waals surface area contributed by atoms with E-state index < -0.39 is 6.72 Å². The van der Waals surface area contributed by atoms with Gasteiger partial charge in [-0.25, -0.2) is 0 Å². The van der Waals surface area contributed by atoms with E-state index in [9.17, 15) is 4.57 Å². The largest absolute Gasteiger partial charge is 1.00 e. The molecule has 0 aliphatic rings. The van der Waals surface area contributed by atoms with Gasteiger partial charge in [0.05, 0.1) is 6.61 Å². The molecule has 0 aromatic heterocycles. The number of nitrogens with one attached hydrogen (secondary N) is 1. The van der Waals surface area contributed by atoms with Crippen molar-refractivity contribution in [2.75, 3.05) is 6.61 Å². The fourth-order valence-electron chi connectivity index (χ4n) is 0.523. The van der Waals surface area contributed by atoms with Crippen LogP contribution in [0.2, 0.25) is 0 Å². The van der Waals surface area contributed by atoms with E-state index in [4.69, 9.17) is 4.52 Å². The molecule has 11 heavy (non-hydrogen) atoms. The van der Waals surface area contributed by atoms with E-state index in [2.05, 4.69) is 17.3 Å². The van der Waals surface area contributed by atoms with Crippen molar-refractivity contribution >= 4 is 19.0 Å². The molecule has 0 spiro atoms. The molecule has 6 heteroatoms. The first-order chi connectivity index (χ1) is 4.48. The molecular formula is C5H13NNaO2PS. The second-order valence-electron chi connectivity index (χ2n) is 2.20. The fraction of sp³-hybridized carbons (Fsp3) is 1.00. The quantitative estimate of drug-likeness (QED) is 0.351. The van der Waals surface area contributed by atoms with Crippen LogP contribution in [0, 0.1) is 0 Å². The van der Waals surface area contributed by atoms with Crippen LogP contribution in [0.1, 0.15) is 20.8 Å². The first-order valence-electron chi connectivity index (χ1n) is 3.21. The maximum absolute atomic E-state index is 11.1. The molecule has 0 rings (SSSR count). The SMILES string of the molecule is CCOP(=O)([S-])NC(C)C.[Na+]. The van der Waals surface area contributed by atoms with E-state index in [1.54, 1.807) is 6.92 Å². The Labute approximate surface area is 95.6 Å². The van der Waals surface area contributed by atoms with E-state index >= 15 is 0 Å². The van der Waals surface area contributed by atoms with Gasteiger partial charge in [-0.1, -0.05) is 0 Å². The molecular weight excluding hydrogens is 192 g/mol. The van der Waals surface area contributed by atoms with Gasteiger partial charge < -0.3 is 21.3 Å². The predicted octanol–water partition coefficient (Wildman–Crippen LogP) is -1.32. The van der Waals surface area contributed by atoms with Crippen LogP contribution >= 0.6 is 6.72 Å². The Kier molecular flexibility index (Phi) is 9.48. The van der Waals surface area contributed by atoms with E-state index in [0.717, 1.165) is 0 Å². The summed E-state index contributed by atoms with van der Waals surface area (Å²) in [7, 11) is 0. The minimum Gasteiger partial charge on any atom is -0.673 e. The van der Waals surface area contributed by atoms with Gasteiger partial charge in [0.25, 0.3) is 0 Å². The van der Waals surface area contributed by atoms with E-state index in [1.165, 1.54) is 0 Å². The topological polar surface area (TPSA) is 38.3 Å². The van der Waals surface area contributed by atoms with Crippen molar-refractivity contribution in [1.82, 2.24) is 5.09 Å². The summed E-state index contributed by atoms with van der Waals surface area (Å²) in [4.78, 5) is 0. The standard InChI is InChI=1S/C5H14NO2PS.Na/c1-4-8-9(7,10)6-5(2)3;/h5H,4H2,1-3H3,(H2,6,7,10);/q;+1/p-1. The first kappa shape index (κ1) is 15.0. The average Bonchev–Trinajstić information content (AvgIpc) is 1.59. The molecule has 0 fully saturated rings. The Bertz CT molecular complexity index is 144. The van der Waals surface area contributed by atoms with E-state index in [1.807, 2.05) is 13.8 Å². The minimum atomic E-state index is -2.92. The fourth-order valence-corrected chi connectivity index (χ4v) is 2.52. The summed E-state index contributed by atoms with van der Waals surface area (Å²) in [6.45, 7) is 2.98. The summed E-state index contributed by atoms with van der Waals surface area (Å²) in [5.41, 5.74) is 0. The second-order valence-corrected chi connectivity index (χ2v) is 5.15. The van der Waals surface area contributed by atoms with Gasteiger partial charge in [-0.15, -0.1) is 0 Å². The third-order valence-electron chi connectivity index (χ3n) is 0.715. The van der Waals surface area contributed by atoms with Crippen molar-refractivity contribution < 1.29 is 38.6 Å². The molecule has 0 saturated carbocycles. The van der Waals surface area contributed by atoms with Crippen molar-refractivity contribution in [3.05, 3.63) is 0 Å². The van der Waals surface area contributed by atoms with Crippen LogP contribution in [0.5, 0.6) is 0 Å². The third kappa shape index (κ3) is 9.41. The van der Waals surface area contributed by atoms with Crippen LogP contribution in [-0.2, 0) is 21.3 Å². The van der Waals surface area contributed by atoms with Crippen LogP contribution in [0.15, 0.2) is 0 Å². The first-order valence-corrected chi connectivity index (χ1v) is 5.85. The van der Waals surface area contributed by atoms with Gasteiger partial charge in [-0.2, -0.15) is 0 Å². The predicted molar refractivity (Wildman–Crippen MR) is 44.9 cm³/mol. The van der Waals surface area contributed by atoms with E-state index in [0.29, 0.717) is 6.61 Å². The van der Waals surface area contributed by atoms with Gasteiger partial charge in [-0.05, 0) is 20.8 Å². The summed E-state index contributed by atoms with van der Waals surface area (Å²) in [5.74, 6) is 0. The van der Waals surface area contributed by atoms with Crippen LogP contribution < -0.4 is 34.6 Å². The number of rotatable bonds is 4. The maximum Gasteiger partial charge on any atom is 1.00 e. The molecule has 0 aromatic carbocycles. The normalized spacial score (nSPS) is 15.7.